The number of anilines is 1. The third-order valence-electron chi connectivity index (χ3n) is 6.28. The highest BCUT2D eigenvalue weighted by Gasteiger charge is 2.63. The van der Waals surface area contributed by atoms with E-state index in [0.29, 0.717) is 12.1 Å². The van der Waals surface area contributed by atoms with Crippen molar-refractivity contribution >= 4 is 29.3 Å². The number of carbonyl (C=O) groups is 2. The van der Waals surface area contributed by atoms with Gasteiger partial charge in [0.15, 0.2) is 4.87 Å². The molecule has 2 aliphatic rings. The van der Waals surface area contributed by atoms with Crippen LogP contribution in [0.4, 0.5) is 14.5 Å². The minimum atomic E-state index is -1.24. The molecule has 1 fully saturated rings. The second-order valence-electron chi connectivity index (χ2n) is 9.44. The lowest BCUT2D eigenvalue weighted by atomic mass is 10.0. The fourth-order valence-corrected chi connectivity index (χ4v) is 6.52. The maximum atomic E-state index is 14.2. The largest absolute Gasteiger partial charge is 0.310 e. The van der Waals surface area contributed by atoms with E-state index in [1.807, 2.05) is 39.0 Å². The molecule has 0 saturated carbocycles. The predicted molar refractivity (Wildman–Crippen MR) is 130 cm³/mol. The molecule has 2 heterocycles. The van der Waals surface area contributed by atoms with Gasteiger partial charge in [-0.1, -0.05) is 29.8 Å². The number of aryl methyl sites for hydroxylation is 1. The summed E-state index contributed by atoms with van der Waals surface area (Å²) < 4.78 is 26.6. The third kappa shape index (κ3) is 3.59. The van der Waals surface area contributed by atoms with Crippen molar-refractivity contribution in [3.63, 3.8) is 0 Å². The van der Waals surface area contributed by atoms with Crippen LogP contribution in [0.1, 0.15) is 40.9 Å². The summed E-state index contributed by atoms with van der Waals surface area (Å²) in [6, 6.07) is 17.3. The Bertz CT molecular complexity index is 1290. The fraction of sp³-hybridized carbons (Fsp3) is 0.259. The molecule has 5 rings (SSSR count). The Hall–Kier alpha value is -3.19. The van der Waals surface area contributed by atoms with Gasteiger partial charge in [0.05, 0.1) is 12.2 Å². The summed E-state index contributed by atoms with van der Waals surface area (Å²) in [7, 11) is 0. The molecule has 0 radical (unpaired) electrons. The second kappa shape index (κ2) is 7.94. The number of hydrogen-bond acceptors (Lipinski definition) is 3. The van der Waals surface area contributed by atoms with Crippen molar-refractivity contribution in [2.24, 2.45) is 0 Å². The lowest BCUT2D eigenvalue weighted by molar-refractivity contribution is -0.123. The van der Waals surface area contributed by atoms with E-state index in [1.54, 1.807) is 21.9 Å². The standard InChI is InChI=1S/C27H24F2N2O2S/c1-17-4-13-23-22(14-17)27(25(33)30(23)15-18-5-9-20(28)10-6-18)31(16-26(2,3)34-27)24(32)19-7-11-21(29)12-8-19/h4-14H,15-16H2,1-3H3/t27-/m1/s1. The van der Waals surface area contributed by atoms with Gasteiger partial charge in [0, 0.05) is 22.4 Å². The average Bonchev–Trinajstić information content (AvgIpc) is 3.21. The zero-order valence-corrected chi connectivity index (χ0v) is 20.0. The molecule has 1 saturated heterocycles. The van der Waals surface area contributed by atoms with Gasteiger partial charge in [-0.3, -0.25) is 9.59 Å². The highest BCUT2D eigenvalue weighted by molar-refractivity contribution is 8.02. The van der Waals surface area contributed by atoms with Crippen molar-refractivity contribution < 1.29 is 18.4 Å². The Balaban J connectivity index is 1.64. The number of benzene rings is 3. The van der Waals surface area contributed by atoms with E-state index in [2.05, 4.69) is 0 Å². The topological polar surface area (TPSA) is 40.6 Å². The van der Waals surface area contributed by atoms with Crippen LogP contribution in [0.3, 0.4) is 0 Å². The third-order valence-corrected chi connectivity index (χ3v) is 7.87. The minimum absolute atomic E-state index is 0.205. The van der Waals surface area contributed by atoms with E-state index in [-0.39, 0.29) is 24.2 Å². The lowest BCUT2D eigenvalue weighted by Crippen LogP contribution is -2.50. The molecule has 1 spiro atoms. The van der Waals surface area contributed by atoms with Crippen molar-refractivity contribution in [3.8, 4) is 0 Å². The molecule has 0 aromatic heterocycles. The van der Waals surface area contributed by atoms with Crippen LogP contribution >= 0.6 is 11.8 Å². The number of rotatable bonds is 3. The molecule has 0 bridgehead atoms. The SMILES string of the molecule is Cc1ccc2c(c1)[C@@]1(SC(C)(C)CN1C(=O)c1ccc(F)cc1)C(=O)N2Cc1ccc(F)cc1. The van der Waals surface area contributed by atoms with Gasteiger partial charge in [-0.05, 0) is 68.8 Å². The second-order valence-corrected chi connectivity index (χ2v) is 11.3. The van der Waals surface area contributed by atoms with Gasteiger partial charge < -0.3 is 9.80 Å². The number of thioether (sulfide) groups is 1. The number of carbonyl (C=O) groups excluding carboxylic acids is 2. The molecule has 7 heteroatoms. The molecular formula is C27H24F2N2O2S. The summed E-state index contributed by atoms with van der Waals surface area (Å²) in [4.78, 5) is 30.0. The fourth-order valence-electron chi connectivity index (χ4n) is 4.80. The van der Waals surface area contributed by atoms with Gasteiger partial charge in [-0.15, -0.1) is 11.8 Å². The van der Waals surface area contributed by atoms with Gasteiger partial charge in [0.1, 0.15) is 11.6 Å². The summed E-state index contributed by atoms with van der Waals surface area (Å²) in [6.07, 6.45) is 0. The Morgan fingerprint density at radius 2 is 1.59 bits per heavy atom. The zero-order valence-electron chi connectivity index (χ0n) is 19.1. The molecular weight excluding hydrogens is 454 g/mol. The van der Waals surface area contributed by atoms with E-state index in [1.165, 1.54) is 48.2 Å². The van der Waals surface area contributed by atoms with Crippen molar-refractivity contribution in [3.05, 3.63) is 101 Å². The smallest absolute Gasteiger partial charge is 0.268 e. The number of fused-ring (bicyclic) bond motifs is 2. The molecule has 0 aliphatic carbocycles. The summed E-state index contributed by atoms with van der Waals surface area (Å²) in [5, 5.41) is 0. The van der Waals surface area contributed by atoms with E-state index in [9.17, 15) is 18.4 Å². The van der Waals surface area contributed by atoms with Crippen LogP contribution in [0.2, 0.25) is 0 Å². The van der Waals surface area contributed by atoms with Crippen LogP contribution in [-0.4, -0.2) is 28.0 Å². The van der Waals surface area contributed by atoms with Gasteiger partial charge in [0.25, 0.3) is 11.8 Å². The average molecular weight is 479 g/mol. The molecule has 2 amide bonds. The first-order chi connectivity index (χ1) is 16.1. The first kappa shape index (κ1) is 22.6. The van der Waals surface area contributed by atoms with E-state index in [4.69, 9.17) is 0 Å². The van der Waals surface area contributed by atoms with E-state index in [0.717, 1.165) is 22.4 Å². The van der Waals surface area contributed by atoms with Gasteiger partial charge in [0.2, 0.25) is 0 Å². The maximum absolute atomic E-state index is 14.2. The molecule has 1 atom stereocenters. The van der Waals surface area contributed by atoms with Crippen LogP contribution in [0.15, 0.2) is 66.7 Å². The molecule has 3 aromatic carbocycles. The highest BCUT2D eigenvalue weighted by Crippen LogP contribution is 2.60. The zero-order chi connectivity index (χ0) is 24.3. The van der Waals surface area contributed by atoms with Crippen LogP contribution < -0.4 is 4.90 Å². The molecule has 34 heavy (non-hydrogen) atoms. The molecule has 4 nitrogen and oxygen atoms in total. The first-order valence-electron chi connectivity index (χ1n) is 11.1. The van der Waals surface area contributed by atoms with Gasteiger partial charge >= 0.3 is 0 Å². The highest BCUT2D eigenvalue weighted by atomic mass is 32.2. The minimum Gasteiger partial charge on any atom is -0.310 e. The van der Waals surface area contributed by atoms with Crippen LogP contribution in [0.25, 0.3) is 0 Å². The molecule has 0 unspecified atom stereocenters. The van der Waals surface area contributed by atoms with Crippen LogP contribution in [0.5, 0.6) is 0 Å². The molecule has 2 aliphatic heterocycles. The normalized spacial score (nSPS) is 20.8. The van der Waals surface area contributed by atoms with Crippen molar-refractivity contribution in [1.29, 1.82) is 0 Å². The number of hydrogen-bond donors (Lipinski definition) is 0. The number of nitrogens with zero attached hydrogens (tertiary/aromatic N) is 2. The van der Waals surface area contributed by atoms with E-state index < -0.39 is 15.4 Å². The van der Waals surface area contributed by atoms with Crippen LogP contribution in [-0.2, 0) is 16.2 Å². The summed E-state index contributed by atoms with van der Waals surface area (Å²) in [5.74, 6) is -1.29. The summed E-state index contributed by atoms with van der Waals surface area (Å²) in [6.45, 7) is 6.61. The predicted octanol–water partition coefficient (Wildman–Crippen LogP) is 5.64. The van der Waals surface area contributed by atoms with E-state index >= 15 is 0 Å². The molecule has 3 aromatic rings. The molecule has 174 valence electrons. The quantitative estimate of drug-likeness (QED) is 0.489. The van der Waals surface area contributed by atoms with Crippen molar-refractivity contribution in [2.45, 2.75) is 36.9 Å². The molecule has 0 N–H and O–H groups in total. The first-order valence-corrected chi connectivity index (χ1v) is 11.9. The van der Waals surface area contributed by atoms with Gasteiger partial charge in [-0.25, -0.2) is 8.78 Å². The number of amides is 2. The Morgan fingerprint density at radius 3 is 2.24 bits per heavy atom. The Kier molecular flexibility index (Phi) is 5.28. The van der Waals surface area contributed by atoms with Gasteiger partial charge in [-0.2, -0.15) is 0 Å². The lowest BCUT2D eigenvalue weighted by Gasteiger charge is -2.33. The number of halogens is 2. The summed E-state index contributed by atoms with van der Waals surface area (Å²) >= 11 is 1.47. The van der Waals surface area contributed by atoms with Crippen molar-refractivity contribution in [2.75, 3.05) is 11.4 Å². The maximum Gasteiger partial charge on any atom is 0.268 e. The Morgan fingerprint density at radius 1 is 0.971 bits per heavy atom. The van der Waals surface area contributed by atoms with Crippen LogP contribution in [0, 0.1) is 18.6 Å². The van der Waals surface area contributed by atoms with Crippen molar-refractivity contribution in [1.82, 2.24) is 4.90 Å². The summed E-state index contributed by atoms with van der Waals surface area (Å²) in [5.41, 5.74) is 3.61. The Labute approximate surface area is 201 Å². The monoisotopic (exact) mass is 478 g/mol.